The molecule has 21 heavy (non-hydrogen) atoms. The molecule has 0 aliphatic carbocycles. The van der Waals surface area contributed by atoms with Crippen molar-refractivity contribution in [2.45, 2.75) is 13.0 Å². The third kappa shape index (κ3) is 2.27. The molecule has 2 heterocycles. The highest BCUT2D eigenvalue weighted by molar-refractivity contribution is 5.81. The van der Waals surface area contributed by atoms with E-state index < -0.39 is 11.6 Å². The lowest BCUT2D eigenvalue weighted by molar-refractivity contribution is 0.509. The summed E-state index contributed by atoms with van der Waals surface area (Å²) in [6.07, 6.45) is 3.29. The Bertz CT molecular complexity index is 783. The third-order valence-corrected chi connectivity index (χ3v) is 3.45. The van der Waals surface area contributed by atoms with E-state index in [2.05, 4.69) is 9.97 Å². The molecular formula is C15H14F2N4. The normalized spacial score (nSPS) is 12.8. The van der Waals surface area contributed by atoms with Crippen LogP contribution in [0.5, 0.6) is 0 Å². The highest BCUT2D eigenvalue weighted by Gasteiger charge is 2.18. The summed E-state index contributed by atoms with van der Waals surface area (Å²) >= 11 is 0. The van der Waals surface area contributed by atoms with Crippen LogP contribution in [0.2, 0.25) is 0 Å². The molecule has 0 spiro atoms. The van der Waals surface area contributed by atoms with Crippen molar-refractivity contribution in [3.8, 4) is 11.4 Å². The summed E-state index contributed by atoms with van der Waals surface area (Å²) in [7, 11) is 0. The summed E-state index contributed by atoms with van der Waals surface area (Å²) in [6.45, 7) is 2.27. The first-order chi connectivity index (χ1) is 10.1. The number of benzene rings is 1. The zero-order valence-corrected chi connectivity index (χ0v) is 11.4. The highest BCUT2D eigenvalue weighted by Crippen LogP contribution is 2.29. The molecule has 1 atom stereocenters. The van der Waals surface area contributed by atoms with Gasteiger partial charge in [0.2, 0.25) is 0 Å². The second kappa shape index (κ2) is 5.21. The van der Waals surface area contributed by atoms with Crippen LogP contribution in [0.1, 0.15) is 13.0 Å². The number of rotatable bonds is 3. The van der Waals surface area contributed by atoms with E-state index in [4.69, 9.17) is 5.73 Å². The highest BCUT2D eigenvalue weighted by atomic mass is 19.2. The number of hydrogen-bond acceptors (Lipinski definition) is 3. The van der Waals surface area contributed by atoms with Crippen LogP contribution < -0.4 is 5.73 Å². The summed E-state index contributed by atoms with van der Waals surface area (Å²) in [4.78, 5) is 8.39. The molecule has 0 bridgehead atoms. The zero-order valence-electron chi connectivity index (χ0n) is 11.4. The molecule has 0 fully saturated rings. The van der Waals surface area contributed by atoms with Gasteiger partial charge in [-0.1, -0.05) is 0 Å². The van der Waals surface area contributed by atoms with E-state index in [0.29, 0.717) is 23.4 Å². The fraction of sp³-hybridized carbons (Fsp3) is 0.200. The van der Waals surface area contributed by atoms with Gasteiger partial charge in [-0.15, -0.1) is 0 Å². The minimum atomic E-state index is -0.908. The van der Waals surface area contributed by atoms with Crippen molar-refractivity contribution in [3.05, 3.63) is 48.3 Å². The predicted octanol–water partition coefficient (Wildman–Crippen LogP) is 2.90. The number of hydrogen-bond donors (Lipinski definition) is 1. The average molecular weight is 288 g/mol. The van der Waals surface area contributed by atoms with Gasteiger partial charge in [0.15, 0.2) is 11.6 Å². The Balaban J connectivity index is 2.33. The van der Waals surface area contributed by atoms with Crippen LogP contribution in [0.15, 0.2) is 36.7 Å². The van der Waals surface area contributed by atoms with E-state index in [1.165, 1.54) is 0 Å². The van der Waals surface area contributed by atoms with Crippen molar-refractivity contribution in [1.82, 2.24) is 14.5 Å². The van der Waals surface area contributed by atoms with Gasteiger partial charge in [0.1, 0.15) is 5.82 Å². The molecule has 0 aliphatic rings. The molecule has 1 aromatic carbocycles. The van der Waals surface area contributed by atoms with E-state index in [-0.39, 0.29) is 6.04 Å². The van der Waals surface area contributed by atoms with E-state index in [0.717, 1.165) is 17.7 Å². The molecule has 3 rings (SSSR count). The standard InChI is InChI=1S/C15H14F2N4/c1-9(8-18)21-14-7-12(17)11(16)6-13(14)20-15(21)10-2-4-19-5-3-10/h2-7,9H,8,18H2,1H3. The van der Waals surface area contributed by atoms with Crippen LogP contribution in [0.4, 0.5) is 8.78 Å². The van der Waals surface area contributed by atoms with Crippen LogP contribution in [0, 0.1) is 11.6 Å². The minimum Gasteiger partial charge on any atom is -0.328 e. The van der Waals surface area contributed by atoms with Crippen LogP contribution in [0.25, 0.3) is 22.4 Å². The Kier molecular flexibility index (Phi) is 3.39. The lowest BCUT2D eigenvalue weighted by Crippen LogP contribution is -2.17. The summed E-state index contributed by atoms with van der Waals surface area (Å²) in [6, 6.07) is 5.77. The number of aromatic nitrogens is 3. The van der Waals surface area contributed by atoms with Gasteiger partial charge in [-0.3, -0.25) is 4.98 Å². The SMILES string of the molecule is CC(CN)n1c(-c2ccncc2)nc2cc(F)c(F)cc21. The number of pyridine rings is 1. The van der Waals surface area contributed by atoms with Crippen molar-refractivity contribution >= 4 is 11.0 Å². The molecule has 2 aromatic heterocycles. The number of nitrogens with two attached hydrogens (primary N) is 1. The number of imidazole rings is 1. The van der Waals surface area contributed by atoms with Crippen LogP contribution in [-0.4, -0.2) is 21.1 Å². The van der Waals surface area contributed by atoms with Crippen LogP contribution in [0.3, 0.4) is 0 Å². The quantitative estimate of drug-likeness (QED) is 0.806. The summed E-state index contributed by atoms with van der Waals surface area (Å²) in [5.74, 6) is -1.18. The zero-order chi connectivity index (χ0) is 15.0. The van der Waals surface area contributed by atoms with Crippen molar-refractivity contribution in [2.75, 3.05) is 6.54 Å². The first-order valence-corrected chi connectivity index (χ1v) is 6.59. The Morgan fingerprint density at radius 2 is 1.86 bits per heavy atom. The predicted molar refractivity (Wildman–Crippen MR) is 76.6 cm³/mol. The minimum absolute atomic E-state index is 0.0944. The van der Waals surface area contributed by atoms with Gasteiger partial charge in [-0.2, -0.15) is 0 Å². The lowest BCUT2D eigenvalue weighted by atomic mass is 10.2. The Hall–Kier alpha value is -2.34. The first kappa shape index (κ1) is 13.6. The summed E-state index contributed by atoms with van der Waals surface area (Å²) in [5, 5.41) is 0. The van der Waals surface area contributed by atoms with Gasteiger partial charge in [0, 0.05) is 42.7 Å². The largest absolute Gasteiger partial charge is 0.328 e. The molecule has 0 saturated heterocycles. The first-order valence-electron chi connectivity index (χ1n) is 6.59. The van der Waals surface area contributed by atoms with Crippen molar-refractivity contribution in [1.29, 1.82) is 0 Å². The molecule has 0 aliphatic heterocycles. The van der Waals surface area contributed by atoms with E-state index >= 15 is 0 Å². The monoisotopic (exact) mass is 288 g/mol. The van der Waals surface area contributed by atoms with Crippen molar-refractivity contribution in [3.63, 3.8) is 0 Å². The Morgan fingerprint density at radius 3 is 2.52 bits per heavy atom. The molecule has 108 valence electrons. The fourth-order valence-electron chi connectivity index (χ4n) is 2.35. The maximum absolute atomic E-state index is 13.6. The molecule has 0 radical (unpaired) electrons. The maximum Gasteiger partial charge on any atom is 0.161 e. The van der Waals surface area contributed by atoms with Gasteiger partial charge in [-0.25, -0.2) is 13.8 Å². The molecule has 1 unspecified atom stereocenters. The van der Waals surface area contributed by atoms with Crippen molar-refractivity contribution < 1.29 is 8.78 Å². The second-order valence-electron chi connectivity index (χ2n) is 4.88. The molecule has 0 saturated carbocycles. The van der Waals surface area contributed by atoms with Crippen LogP contribution in [-0.2, 0) is 0 Å². The fourth-order valence-corrected chi connectivity index (χ4v) is 2.35. The third-order valence-electron chi connectivity index (χ3n) is 3.45. The van der Waals surface area contributed by atoms with Gasteiger partial charge in [0.05, 0.1) is 11.0 Å². The molecular weight excluding hydrogens is 274 g/mol. The number of halogens is 2. The Morgan fingerprint density at radius 1 is 1.19 bits per heavy atom. The second-order valence-corrected chi connectivity index (χ2v) is 4.88. The van der Waals surface area contributed by atoms with Gasteiger partial charge in [-0.05, 0) is 19.1 Å². The average Bonchev–Trinajstić information content (AvgIpc) is 2.86. The van der Waals surface area contributed by atoms with Gasteiger partial charge >= 0.3 is 0 Å². The lowest BCUT2D eigenvalue weighted by Gasteiger charge is -2.15. The number of fused-ring (bicyclic) bond motifs is 1. The summed E-state index contributed by atoms with van der Waals surface area (Å²) < 4.78 is 28.8. The van der Waals surface area contributed by atoms with E-state index in [1.807, 2.05) is 11.5 Å². The van der Waals surface area contributed by atoms with Crippen LogP contribution >= 0.6 is 0 Å². The van der Waals surface area contributed by atoms with E-state index in [9.17, 15) is 8.78 Å². The van der Waals surface area contributed by atoms with Gasteiger partial charge in [0.25, 0.3) is 0 Å². The van der Waals surface area contributed by atoms with Gasteiger partial charge < -0.3 is 10.3 Å². The van der Waals surface area contributed by atoms with E-state index in [1.54, 1.807) is 24.5 Å². The molecule has 0 amide bonds. The molecule has 3 aromatic rings. The molecule has 4 nitrogen and oxygen atoms in total. The molecule has 6 heteroatoms. The maximum atomic E-state index is 13.6. The smallest absolute Gasteiger partial charge is 0.161 e. The number of nitrogens with zero attached hydrogens (tertiary/aromatic N) is 3. The molecule has 2 N–H and O–H groups in total. The topological polar surface area (TPSA) is 56.7 Å². The Labute approximate surface area is 120 Å². The summed E-state index contributed by atoms with van der Waals surface area (Å²) in [5.41, 5.74) is 7.49. The van der Waals surface area contributed by atoms with Crippen molar-refractivity contribution in [2.24, 2.45) is 5.73 Å².